The summed E-state index contributed by atoms with van der Waals surface area (Å²) in [5.41, 5.74) is -0.203. The summed E-state index contributed by atoms with van der Waals surface area (Å²) in [6, 6.07) is 9.19. The lowest BCUT2D eigenvalue weighted by molar-refractivity contribution is -0.142. The molecule has 0 spiro atoms. The second-order valence-corrected chi connectivity index (χ2v) is 15.5. The van der Waals surface area contributed by atoms with Gasteiger partial charge in [0.15, 0.2) is 0 Å². The Bertz CT molecular complexity index is 1980. The molecular weight excluding hydrogens is 687 g/mol. The van der Waals surface area contributed by atoms with Crippen LogP contribution in [0.5, 0.6) is 5.88 Å². The number of para-hydroxylation sites is 2. The fourth-order valence-corrected chi connectivity index (χ4v) is 7.31. The van der Waals surface area contributed by atoms with Crippen molar-refractivity contribution in [2.24, 2.45) is 11.3 Å². The van der Waals surface area contributed by atoms with Crippen LogP contribution in [0.3, 0.4) is 0 Å². The van der Waals surface area contributed by atoms with Crippen LogP contribution >= 0.6 is 11.3 Å². The number of hydrogen-bond donors (Lipinski definition) is 4. The molecule has 4 amide bonds. The van der Waals surface area contributed by atoms with Gasteiger partial charge in [-0.05, 0) is 54.7 Å². The van der Waals surface area contributed by atoms with Crippen LogP contribution in [0.15, 0.2) is 60.8 Å². The first kappa shape index (κ1) is 35.0. The van der Waals surface area contributed by atoms with E-state index in [9.17, 15) is 19.2 Å². The lowest BCUT2D eigenvalue weighted by Gasteiger charge is -2.36. The van der Waals surface area contributed by atoms with E-state index in [1.807, 2.05) is 62.5 Å². The fourth-order valence-electron chi connectivity index (χ4n) is 6.60. The highest BCUT2D eigenvalue weighted by molar-refractivity contribution is 7.13. The third kappa shape index (κ3) is 7.07. The van der Waals surface area contributed by atoms with Gasteiger partial charge in [-0.3, -0.25) is 19.7 Å². The lowest BCUT2D eigenvalue weighted by Crippen LogP contribution is -2.59. The number of rotatable bonds is 11. The van der Waals surface area contributed by atoms with Crippen molar-refractivity contribution in [2.75, 3.05) is 11.9 Å². The SMILES string of the molecule is C=C[C@@H]1C[C@]1(NC(=O)[C@@H]1C[C@@H](Oc2nc3ccccc3nc2-c2cccs2)CN1C(=O)[C@@H](NC(=O)OC1CCC1)C(C)(C)C)C(=O)Nc1ncn[nH]1. The number of fused-ring (bicyclic) bond motifs is 1. The molecule has 52 heavy (non-hydrogen) atoms. The predicted molar refractivity (Wildman–Crippen MR) is 192 cm³/mol. The van der Waals surface area contributed by atoms with Crippen LogP contribution in [0, 0.1) is 11.3 Å². The normalized spacial score (nSPS) is 23.3. The molecule has 5 atom stereocenters. The van der Waals surface area contributed by atoms with E-state index < -0.39 is 53.0 Å². The molecule has 0 unspecified atom stereocenters. The van der Waals surface area contributed by atoms with E-state index in [0.29, 0.717) is 23.1 Å². The molecule has 3 fully saturated rings. The molecule has 7 rings (SSSR count). The van der Waals surface area contributed by atoms with Gasteiger partial charge in [0.2, 0.25) is 23.6 Å². The van der Waals surface area contributed by atoms with Crippen molar-refractivity contribution in [3.05, 3.63) is 60.8 Å². The van der Waals surface area contributed by atoms with Gasteiger partial charge in [-0.2, -0.15) is 10.1 Å². The summed E-state index contributed by atoms with van der Waals surface area (Å²) in [6.45, 7) is 9.35. The first-order valence-electron chi connectivity index (χ1n) is 17.3. The zero-order chi connectivity index (χ0) is 36.6. The molecule has 4 heterocycles. The number of likely N-dealkylation sites (tertiary alicyclic amines) is 1. The van der Waals surface area contributed by atoms with E-state index in [1.165, 1.54) is 22.6 Å². The molecule has 4 aromatic rings. The van der Waals surface area contributed by atoms with Gasteiger partial charge in [0.05, 0.1) is 22.5 Å². The second-order valence-electron chi connectivity index (χ2n) is 14.5. The summed E-state index contributed by atoms with van der Waals surface area (Å²) < 4.78 is 12.1. The number of nitrogens with zero attached hydrogens (tertiary/aromatic N) is 5. The molecule has 15 nitrogen and oxygen atoms in total. The Hall–Kier alpha value is -5.38. The summed E-state index contributed by atoms with van der Waals surface area (Å²) in [5.74, 6) is -1.49. The molecule has 16 heteroatoms. The average Bonchev–Trinajstić information content (AvgIpc) is 3.58. The first-order chi connectivity index (χ1) is 24.9. The van der Waals surface area contributed by atoms with Gasteiger partial charge >= 0.3 is 6.09 Å². The number of alkyl carbamates (subject to hydrolysis) is 1. The maximum atomic E-state index is 14.6. The molecule has 4 N–H and O–H groups in total. The second kappa shape index (κ2) is 14.0. The Kier molecular flexibility index (Phi) is 9.42. The van der Waals surface area contributed by atoms with E-state index in [2.05, 4.69) is 37.7 Å². The third-order valence-electron chi connectivity index (χ3n) is 9.82. The summed E-state index contributed by atoms with van der Waals surface area (Å²) >= 11 is 1.49. The van der Waals surface area contributed by atoms with Gasteiger partial charge in [-0.25, -0.2) is 19.9 Å². The number of nitrogens with one attached hydrogen (secondary N) is 4. The number of aromatic amines is 1. The minimum absolute atomic E-state index is 0.00336. The molecule has 1 aromatic carbocycles. The van der Waals surface area contributed by atoms with Crippen molar-refractivity contribution < 1.29 is 28.7 Å². The summed E-state index contributed by atoms with van der Waals surface area (Å²) in [6.07, 6.45) is 4.22. The van der Waals surface area contributed by atoms with E-state index in [1.54, 1.807) is 6.08 Å². The van der Waals surface area contributed by atoms with Crippen molar-refractivity contribution in [1.29, 1.82) is 0 Å². The number of hydrogen-bond acceptors (Lipinski definition) is 11. The van der Waals surface area contributed by atoms with Crippen molar-refractivity contribution in [3.8, 4) is 16.5 Å². The highest BCUT2D eigenvalue weighted by atomic mass is 32.1. The van der Waals surface area contributed by atoms with Gasteiger partial charge in [0, 0.05) is 12.3 Å². The monoisotopic (exact) mass is 727 g/mol. The summed E-state index contributed by atoms with van der Waals surface area (Å²) in [5, 5.41) is 16.7. The Balaban J connectivity index is 1.19. The van der Waals surface area contributed by atoms with Crippen molar-refractivity contribution in [3.63, 3.8) is 0 Å². The zero-order valence-corrected chi connectivity index (χ0v) is 29.9. The van der Waals surface area contributed by atoms with Gasteiger partial charge in [0.1, 0.15) is 41.9 Å². The van der Waals surface area contributed by atoms with E-state index in [0.717, 1.165) is 24.1 Å². The van der Waals surface area contributed by atoms with Crippen molar-refractivity contribution in [1.82, 2.24) is 40.7 Å². The number of carbonyl (C=O) groups excluding carboxylic acids is 4. The smallest absolute Gasteiger partial charge is 0.408 e. The molecule has 2 aliphatic carbocycles. The molecule has 3 aromatic heterocycles. The number of benzene rings is 1. The number of H-pyrrole nitrogens is 1. The zero-order valence-electron chi connectivity index (χ0n) is 29.1. The van der Waals surface area contributed by atoms with E-state index in [4.69, 9.17) is 19.4 Å². The Labute approximate surface area is 304 Å². The largest absolute Gasteiger partial charge is 0.471 e. The highest BCUT2D eigenvalue weighted by Crippen LogP contribution is 2.45. The number of aromatic nitrogens is 5. The molecule has 1 aliphatic heterocycles. The topological polar surface area (TPSA) is 193 Å². The number of amides is 4. The van der Waals surface area contributed by atoms with Crippen LogP contribution in [-0.4, -0.2) is 90.2 Å². The quantitative estimate of drug-likeness (QED) is 0.163. The van der Waals surface area contributed by atoms with Crippen LogP contribution in [-0.2, 0) is 19.1 Å². The van der Waals surface area contributed by atoms with E-state index in [-0.39, 0.29) is 36.8 Å². The van der Waals surface area contributed by atoms with Gasteiger partial charge in [-0.1, -0.05) is 45.0 Å². The maximum Gasteiger partial charge on any atom is 0.408 e. The number of ether oxygens (including phenoxy) is 2. The van der Waals surface area contributed by atoms with Gasteiger partial charge in [-0.15, -0.1) is 17.9 Å². The summed E-state index contributed by atoms with van der Waals surface area (Å²) in [4.78, 5) is 71.3. The minimum Gasteiger partial charge on any atom is -0.471 e. The van der Waals surface area contributed by atoms with Crippen molar-refractivity contribution >= 4 is 52.1 Å². The van der Waals surface area contributed by atoms with Crippen LogP contribution in [0.2, 0.25) is 0 Å². The highest BCUT2D eigenvalue weighted by Gasteiger charge is 2.61. The number of thiophene rings is 1. The molecule has 272 valence electrons. The predicted octanol–water partition coefficient (Wildman–Crippen LogP) is 4.22. The van der Waals surface area contributed by atoms with Gasteiger partial charge < -0.3 is 25.0 Å². The molecule has 0 bridgehead atoms. The van der Waals surface area contributed by atoms with Crippen molar-refractivity contribution in [2.45, 2.75) is 82.7 Å². The molecular formula is C36H41N9O6S. The fraction of sp³-hybridized carbons (Fsp3) is 0.444. The third-order valence-corrected chi connectivity index (χ3v) is 10.7. The molecule has 1 saturated heterocycles. The lowest BCUT2D eigenvalue weighted by atomic mass is 9.85. The Morgan fingerprint density at radius 2 is 1.87 bits per heavy atom. The molecule has 3 aliphatic rings. The molecule has 0 radical (unpaired) electrons. The standard InChI is InChI=1S/C36H41N9O6S/c1-5-20-17-36(20,32(48)42-33-37-19-38-44-33)43-29(46)25-16-22(18-45(25)31(47)28(35(2,3)4)41-34(49)51-21-10-8-11-21)50-30-27(26-14-9-15-52-26)39-23-12-6-7-13-24(23)40-30/h5-7,9,12-15,19-22,25,28H,1,8,10-11,16-18H2,2-4H3,(H,41,49)(H,43,46)(H2,37,38,42,44,48)/t20-,22-,25+,28-,36-/m1/s1. The van der Waals surface area contributed by atoms with Gasteiger partial charge in [0.25, 0.3) is 5.91 Å². The Morgan fingerprint density at radius 3 is 2.48 bits per heavy atom. The summed E-state index contributed by atoms with van der Waals surface area (Å²) in [7, 11) is 0. The molecule has 2 saturated carbocycles. The maximum absolute atomic E-state index is 14.6. The number of carbonyl (C=O) groups is 4. The van der Waals surface area contributed by atoms with Crippen LogP contribution in [0.4, 0.5) is 10.7 Å². The minimum atomic E-state index is -1.32. The van der Waals surface area contributed by atoms with Crippen LogP contribution in [0.25, 0.3) is 21.6 Å². The van der Waals surface area contributed by atoms with Crippen LogP contribution < -0.4 is 20.7 Å². The van der Waals surface area contributed by atoms with E-state index >= 15 is 0 Å². The first-order valence-corrected chi connectivity index (χ1v) is 18.2. The Morgan fingerprint density at radius 1 is 1.10 bits per heavy atom. The average molecular weight is 728 g/mol. The number of anilines is 1. The van der Waals surface area contributed by atoms with Crippen LogP contribution in [0.1, 0.15) is 52.9 Å².